The smallest absolute Gasteiger partial charge is 0.225 e. The summed E-state index contributed by atoms with van der Waals surface area (Å²) in [6, 6.07) is 2.75. The number of ether oxygens (including phenoxy) is 1. The van der Waals surface area contributed by atoms with E-state index >= 15 is 0 Å². The van der Waals surface area contributed by atoms with Crippen molar-refractivity contribution in [3.05, 3.63) is 39.5 Å². The van der Waals surface area contributed by atoms with Crippen molar-refractivity contribution < 1.29 is 14.9 Å². The van der Waals surface area contributed by atoms with Gasteiger partial charge in [0.2, 0.25) is 5.88 Å². The third kappa shape index (κ3) is 4.19. The van der Waals surface area contributed by atoms with Crippen LogP contribution in [0.3, 0.4) is 0 Å². The summed E-state index contributed by atoms with van der Waals surface area (Å²) in [4.78, 5) is 0. The molecule has 7 heteroatoms. The Kier molecular flexibility index (Phi) is 4.94. The fraction of sp³-hybridized carbons (Fsp3) is 0.312. The number of nitrogens with zero attached hydrogens (tertiary/aromatic N) is 2. The Bertz CT molecular complexity index is 762. The van der Waals surface area contributed by atoms with Crippen molar-refractivity contribution in [3.63, 3.8) is 0 Å². The minimum absolute atomic E-state index is 0.126. The minimum atomic E-state index is -0.963. The number of benzene rings is 1. The molecule has 0 saturated heterocycles. The molecule has 0 spiro atoms. The maximum atomic E-state index is 9.84. The highest BCUT2D eigenvalue weighted by atomic mass is 35.5. The molecule has 5 nitrogen and oxygen atoms in total. The predicted molar refractivity (Wildman–Crippen MR) is 91.5 cm³/mol. The number of hydrogen-bond donors (Lipinski definition) is 2. The SMILES string of the molecule is Cc1nn(C)c(Oc2cc(O)c(Cl)cc2Cl)c1C=CC(C)(C)O. The van der Waals surface area contributed by atoms with Gasteiger partial charge in [0.15, 0.2) is 5.75 Å². The molecule has 0 fully saturated rings. The first-order chi connectivity index (χ1) is 10.6. The summed E-state index contributed by atoms with van der Waals surface area (Å²) in [5, 5.41) is 24.3. The molecule has 124 valence electrons. The van der Waals surface area contributed by atoms with Gasteiger partial charge in [-0.15, -0.1) is 0 Å². The molecule has 2 N–H and O–H groups in total. The largest absolute Gasteiger partial charge is 0.506 e. The van der Waals surface area contributed by atoms with Crippen molar-refractivity contribution in [2.24, 2.45) is 7.05 Å². The van der Waals surface area contributed by atoms with E-state index in [0.717, 1.165) is 5.69 Å². The number of aliphatic hydroxyl groups is 1. The summed E-state index contributed by atoms with van der Waals surface area (Å²) < 4.78 is 7.37. The van der Waals surface area contributed by atoms with E-state index in [0.29, 0.717) is 11.4 Å². The minimum Gasteiger partial charge on any atom is -0.506 e. The number of hydrogen-bond acceptors (Lipinski definition) is 4. The Balaban J connectivity index is 2.45. The van der Waals surface area contributed by atoms with Gasteiger partial charge in [0.05, 0.1) is 26.9 Å². The van der Waals surface area contributed by atoms with Gasteiger partial charge in [-0.1, -0.05) is 29.3 Å². The molecule has 0 amide bonds. The number of phenolic OH excluding ortho intramolecular Hbond substituents is 1. The first-order valence-electron chi connectivity index (χ1n) is 6.89. The van der Waals surface area contributed by atoms with E-state index in [1.54, 1.807) is 37.7 Å². The first-order valence-corrected chi connectivity index (χ1v) is 7.65. The van der Waals surface area contributed by atoms with E-state index in [1.165, 1.54) is 12.1 Å². The van der Waals surface area contributed by atoms with Crippen molar-refractivity contribution in [2.75, 3.05) is 0 Å². The zero-order valence-electron chi connectivity index (χ0n) is 13.3. The quantitative estimate of drug-likeness (QED) is 0.855. The van der Waals surface area contributed by atoms with Crippen molar-refractivity contribution in [3.8, 4) is 17.4 Å². The molecule has 0 saturated carbocycles. The van der Waals surface area contributed by atoms with Crippen LogP contribution in [0.5, 0.6) is 17.4 Å². The summed E-state index contributed by atoms with van der Waals surface area (Å²) in [5.74, 6) is 0.569. The topological polar surface area (TPSA) is 67.5 Å². The van der Waals surface area contributed by atoms with Gasteiger partial charge >= 0.3 is 0 Å². The Morgan fingerprint density at radius 3 is 2.52 bits per heavy atom. The maximum absolute atomic E-state index is 9.84. The summed E-state index contributed by atoms with van der Waals surface area (Å²) >= 11 is 11.9. The van der Waals surface area contributed by atoms with E-state index in [9.17, 15) is 10.2 Å². The molecule has 0 bridgehead atoms. The third-order valence-corrected chi connectivity index (χ3v) is 3.68. The van der Waals surface area contributed by atoms with Crippen LogP contribution in [0.25, 0.3) is 6.08 Å². The second-order valence-corrected chi connectivity index (χ2v) is 6.57. The molecule has 1 aromatic heterocycles. The lowest BCUT2D eigenvalue weighted by atomic mass is 10.1. The van der Waals surface area contributed by atoms with E-state index in [2.05, 4.69) is 5.10 Å². The average molecular weight is 357 g/mol. The van der Waals surface area contributed by atoms with Crippen LogP contribution in [-0.4, -0.2) is 25.6 Å². The van der Waals surface area contributed by atoms with Crippen molar-refractivity contribution in [1.29, 1.82) is 0 Å². The van der Waals surface area contributed by atoms with Gasteiger partial charge in [-0.3, -0.25) is 0 Å². The molecule has 0 aliphatic carbocycles. The Morgan fingerprint density at radius 1 is 1.26 bits per heavy atom. The number of aromatic hydroxyl groups is 1. The maximum Gasteiger partial charge on any atom is 0.225 e. The molecule has 2 rings (SSSR count). The zero-order valence-corrected chi connectivity index (χ0v) is 14.8. The highest BCUT2D eigenvalue weighted by molar-refractivity contribution is 6.36. The molecule has 1 aromatic carbocycles. The molecule has 0 aliphatic rings. The monoisotopic (exact) mass is 356 g/mol. The molecule has 0 radical (unpaired) electrons. The van der Waals surface area contributed by atoms with Gasteiger partial charge in [0, 0.05) is 13.1 Å². The predicted octanol–water partition coefficient (Wildman–Crippen LogP) is 4.32. The fourth-order valence-electron chi connectivity index (χ4n) is 1.95. The van der Waals surface area contributed by atoms with Crippen LogP contribution in [0.1, 0.15) is 25.1 Å². The second kappa shape index (κ2) is 6.43. The van der Waals surface area contributed by atoms with Gasteiger partial charge in [-0.2, -0.15) is 5.10 Å². The fourth-order valence-corrected chi connectivity index (χ4v) is 2.38. The standard InChI is InChI=1S/C16H18Cl2N2O3/c1-9-10(5-6-16(2,3)22)15(20(4)19-9)23-14-8-13(21)11(17)7-12(14)18/h5-8,21-22H,1-4H3. The van der Waals surface area contributed by atoms with Crippen LogP contribution >= 0.6 is 23.2 Å². The van der Waals surface area contributed by atoms with Crippen LogP contribution in [0, 0.1) is 6.92 Å². The van der Waals surface area contributed by atoms with Gasteiger partial charge in [-0.05, 0) is 32.9 Å². The molecule has 0 unspecified atom stereocenters. The van der Waals surface area contributed by atoms with Gasteiger partial charge in [0.25, 0.3) is 0 Å². The Morgan fingerprint density at radius 2 is 1.91 bits per heavy atom. The molecular formula is C16H18Cl2N2O3. The Hall–Kier alpha value is -1.69. The number of halogens is 2. The number of phenols is 1. The molecule has 0 aliphatic heterocycles. The molecule has 0 atom stereocenters. The lowest BCUT2D eigenvalue weighted by Gasteiger charge is -2.12. The molecule has 23 heavy (non-hydrogen) atoms. The summed E-state index contributed by atoms with van der Waals surface area (Å²) in [7, 11) is 1.73. The molecule has 2 aromatic rings. The van der Waals surface area contributed by atoms with Crippen LogP contribution in [0.2, 0.25) is 10.0 Å². The molecular weight excluding hydrogens is 339 g/mol. The lowest BCUT2D eigenvalue weighted by Crippen LogP contribution is -2.13. The van der Waals surface area contributed by atoms with Crippen molar-refractivity contribution >= 4 is 29.3 Å². The van der Waals surface area contributed by atoms with Gasteiger partial charge in [-0.25, -0.2) is 4.68 Å². The van der Waals surface area contributed by atoms with Crippen molar-refractivity contribution in [1.82, 2.24) is 9.78 Å². The van der Waals surface area contributed by atoms with E-state index in [1.807, 2.05) is 6.92 Å². The van der Waals surface area contributed by atoms with Crippen LogP contribution < -0.4 is 4.74 Å². The number of aromatic nitrogens is 2. The third-order valence-electron chi connectivity index (χ3n) is 3.08. The highest BCUT2D eigenvalue weighted by Crippen LogP contribution is 2.38. The van der Waals surface area contributed by atoms with E-state index in [4.69, 9.17) is 27.9 Å². The van der Waals surface area contributed by atoms with E-state index in [-0.39, 0.29) is 21.5 Å². The van der Waals surface area contributed by atoms with E-state index < -0.39 is 5.60 Å². The van der Waals surface area contributed by atoms with Crippen molar-refractivity contribution in [2.45, 2.75) is 26.4 Å². The summed E-state index contributed by atoms with van der Waals surface area (Å²) in [5.41, 5.74) is 0.480. The van der Waals surface area contributed by atoms with Crippen LogP contribution in [0.4, 0.5) is 0 Å². The summed E-state index contributed by atoms with van der Waals surface area (Å²) in [6.07, 6.45) is 3.38. The number of aryl methyl sites for hydroxylation is 2. The van der Waals surface area contributed by atoms with Gasteiger partial charge in [0.1, 0.15) is 5.75 Å². The summed E-state index contributed by atoms with van der Waals surface area (Å²) in [6.45, 7) is 5.17. The lowest BCUT2D eigenvalue weighted by molar-refractivity contribution is 0.134. The molecule has 1 heterocycles. The average Bonchev–Trinajstić information content (AvgIpc) is 2.67. The normalized spacial score (nSPS) is 12.1. The second-order valence-electron chi connectivity index (χ2n) is 5.75. The number of rotatable bonds is 4. The first kappa shape index (κ1) is 17.7. The zero-order chi connectivity index (χ0) is 17.4. The Labute approximate surface area is 144 Å². The van der Waals surface area contributed by atoms with Crippen LogP contribution in [-0.2, 0) is 7.05 Å². The van der Waals surface area contributed by atoms with Crippen LogP contribution in [0.15, 0.2) is 18.2 Å². The highest BCUT2D eigenvalue weighted by Gasteiger charge is 2.17. The van der Waals surface area contributed by atoms with Gasteiger partial charge < -0.3 is 14.9 Å².